The lowest BCUT2D eigenvalue weighted by Crippen LogP contribution is -2.36. The van der Waals surface area contributed by atoms with Gasteiger partial charge in [0.1, 0.15) is 0 Å². The van der Waals surface area contributed by atoms with Gasteiger partial charge in [-0.2, -0.15) is 0 Å². The van der Waals surface area contributed by atoms with Crippen LogP contribution in [0.4, 0.5) is 5.95 Å². The fourth-order valence-electron chi connectivity index (χ4n) is 3.98. The Morgan fingerprint density at radius 3 is 2.46 bits per heavy atom. The second-order valence-corrected chi connectivity index (χ2v) is 7.52. The van der Waals surface area contributed by atoms with Gasteiger partial charge in [-0.1, -0.05) is 0 Å². The molecule has 0 aliphatic carbocycles. The first-order valence-corrected chi connectivity index (χ1v) is 9.14. The van der Waals surface area contributed by atoms with Gasteiger partial charge >= 0.3 is 0 Å². The number of nitrogens with zero attached hydrogens (tertiary/aromatic N) is 5. The van der Waals surface area contributed by atoms with E-state index in [0.717, 1.165) is 50.1 Å². The third-order valence-electron chi connectivity index (χ3n) is 5.37. The minimum Gasteiger partial charge on any atom is -0.396 e. The van der Waals surface area contributed by atoms with Gasteiger partial charge in [-0.05, 0) is 52.4 Å². The van der Waals surface area contributed by atoms with Crippen LogP contribution in [0.3, 0.4) is 0 Å². The number of aromatic nitrogens is 2. The molecule has 1 aromatic rings. The molecule has 1 aromatic heterocycles. The molecular weight excluding hydrogens is 302 g/mol. The third-order valence-corrected chi connectivity index (χ3v) is 5.37. The molecule has 0 unspecified atom stereocenters. The molecule has 1 N–H and O–H groups in total. The van der Waals surface area contributed by atoms with Gasteiger partial charge in [0.15, 0.2) is 0 Å². The van der Waals surface area contributed by atoms with Crippen LogP contribution < -0.4 is 4.90 Å². The van der Waals surface area contributed by atoms with E-state index in [2.05, 4.69) is 31.7 Å². The molecule has 134 valence electrons. The molecule has 24 heavy (non-hydrogen) atoms. The van der Waals surface area contributed by atoms with Crippen LogP contribution in [0.5, 0.6) is 0 Å². The van der Waals surface area contributed by atoms with E-state index in [1.807, 2.05) is 19.9 Å². The Kier molecular flexibility index (Phi) is 5.69. The Balaban J connectivity index is 1.65. The number of aryl methyl sites for hydroxylation is 2. The quantitative estimate of drug-likeness (QED) is 0.879. The van der Waals surface area contributed by atoms with Crippen LogP contribution in [-0.2, 0) is 0 Å². The highest BCUT2D eigenvalue weighted by Gasteiger charge is 2.35. The van der Waals surface area contributed by atoms with Gasteiger partial charge < -0.3 is 19.8 Å². The Morgan fingerprint density at radius 1 is 1.04 bits per heavy atom. The zero-order valence-electron chi connectivity index (χ0n) is 15.3. The molecule has 0 aromatic carbocycles. The Hall–Kier alpha value is -1.24. The summed E-state index contributed by atoms with van der Waals surface area (Å²) in [6.07, 6.45) is 1.23. The van der Waals surface area contributed by atoms with Crippen LogP contribution >= 0.6 is 0 Å². The number of rotatable bonds is 4. The van der Waals surface area contributed by atoms with Gasteiger partial charge in [-0.15, -0.1) is 0 Å². The summed E-state index contributed by atoms with van der Waals surface area (Å²) in [7, 11) is 2.20. The second kappa shape index (κ2) is 7.76. The molecule has 2 fully saturated rings. The predicted molar refractivity (Wildman–Crippen MR) is 96.3 cm³/mol. The maximum Gasteiger partial charge on any atom is 0.225 e. The number of likely N-dealkylation sites (N-methyl/N-ethyl adjacent to an activating group) is 1. The van der Waals surface area contributed by atoms with Gasteiger partial charge in [0, 0.05) is 56.6 Å². The van der Waals surface area contributed by atoms with E-state index in [9.17, 15) is 5.11 Å². The topological polar surface area (TPSA) is 55.7 Å². The maximum absolute atomic E-state index is 9.84. The van der Waals surface area contributed by atoms with Crippen LogP contribution in [0.2, 0.25) is 0 Å². The van der Waals surface area contributed by atoms with Crippen LogP contribution in [0.25, 0.3) is 0 Å². The highest BCUT2D eigenvalue weighted by Crippen LogP contribution is 2.27. The summed E-state index contributed by atoms with van der Waals surface area (Å²) in [5.41, 5.74) is 2.02. The fourth-order valence-corrected chi connectivity index (χ4v) is 3.98. The van der Waals surface area contributed by atoms with Crippen molar-refractivity contribution in [1.82, 2.24) is 19.8 Å². The van der Waals surface area contributed by atoms with Crippen LogP contribution in [0.15, 0.2) is 6.07 Å². The standard InChI is InChI=1S/C18H31N5O/c1-14-9-15(2)20-18(19-14)23-11-16(17(12-23)13-24)10-22-6-4-5-21(3)7-8-22/h9,16-17,24H,4-8,10-13H2,1-3H3/t16-,17-/m1/s1. The summed E-state index contributed by atoms with van der Waals surface area (Å²) in [4.78, 5) is 16.4. The molecule has 2 saturated heterocycles. The van der Waals surface area contributed by atoms with Crippen molar-refractivity contribution in [3.05, 3.63) is 17.5 Å². The lowest BCUT2D eigenvalue weighted by atomic mass is 9.96. The summed E-state index contributed by atoms with van der Waals surface area (Å²) in [6, 6.07) is 2.01. The summed E-state index contributed by atoms with van der Waals surface area (Å²) < 4.78 is 0. The van der Waals surface area contributed by atoms with Gasteiger partial charge in [-0.3, -0.25) is 0 Å². The average Bonchev–Trinajstić information content (AvgIpc) is 2.83. The third kappa shape index (κ3) is 4.23. The van der Waals surface area contributed by atoms with Gasteiger partial charge in [-0.25, -0.2) is 9.97 Å². The maximum atomic E-state index is 9.84. The molecule has 6 heteroatoms. The molecule has 0 radical (unpaired) electrons. The second-order valence-electron chi connectivity index (χ2n) is 7.52. The van der Waals surface area contributed by atoms with Crippen molar-refractivity contribution in [2.45, 2.75) is 20.3 Å². The minimum absolute atomic E-state index is 0.250. The summed E-state index contributed by atoms with van der Waals surface area (Å²) >= 11 is 0. The van der Waals surface area contributed by atoms with Gasteiger partial charge in [0.05, 0.1) is 0 Å². The normalized spacial score (nSPS) is 26.8. The van der Waals surface area contributed by atoms with Crippen LogP contribution in [-0.4, -0.2) is 84.3 Å². The van der Waals surface area contributed by atoms with Gasteiger partial charge in [0.2, 0.25) is 5.95 Å². The Labute approximate surface area is 145 Å². The van der Waals surface area contributed by atoms with E-state index < -0.39 is 0 Å². The van der Waals surface area contributed by atoms with E-state index in [-0.39, 0.29) is 6.61 Å². The van der Waals surface area contributed by atoms with E-state index in [1.165, 1.54) is 19.5 Å². The Bertz CT molecular complexity index is 532. The van der Waals surface area contributed by atoms with E-state index in [1.54, 1.807) is 0 Å². The van der Waals surface area contributed by atoms with Crippen molar-refractivity contribution in [2.24, 2.45) is 11.8 Å². The average molecular weight is 333 g/mol. The highest BCUT2D eigenvalue weighted by atomic mass is 16.3. The lowest BCUT2D eigenvalue weighted by molar-refractivity contribution is 0.165. The van der Waals surface area contributed by atoms with Crippen molar-refractivity contribution in [3.63, 3.8) is 0 Å². The van der Waals surface area contributed by atoms with Crippen molar-refractivity contribution in [2.75, 3.05) is 64.4 Å². The molecule has 2 aliphatic rings. The van der Waals surface area contributed by atoms with E-state index in [0.29, 0.717) is 11.8 Å². The molecule has 0 amide bonds. The minimum atomic E-state index is 0.250. The van der Waals surface area contributed by atoms with Crippen LogP contribution in [0.1, 0.15) is 17.8 Å². The first-order chi connectivity index (χ1) is 11.5. The summed E-state index contributed by atoms with van der Waals surface area (Å²) in [5, 5.41) is 9.84. The molecule has 0 spiro atoms. The smallest absolute Gasteiger partial charge is 0.225 e. The van der Waals surface area contributed by atoms with E-state index in [4.69, 9.17) is 0 Å². The largest absolute Gasteiger partial charge is 0.396 e. The molecule has 0 saturated carbocycles. The number of aliphatic hydroxyl groups excluding tert-OH is 1. The zero-order valence-corrected chi connectivity index (χ0v) is 15.3. The molecule has 6 nitrogen and oxygen atoms in total. The van der Waals surface area contributed by atoms with Crippen molar-refractivity contribution in [3.8, 4) is 0 Å². The van der Waals surface area contributed by atoms with Crippen molar-refractivity contribution < 1.29 is 5.11 Å². The molecular formula is C18H31N5O. The lowest BCUT2D eigenvalue weighted by Gasteiger charge is -2.26. The van der Waals surface area contributed by atoms with E-state index >= 15 is 0 Å². The first kappa shape index (κ1) is 17.6. The fraction of sp³-hybridized carbons (Fsp3) is 0.778. The van der Waals surface area contributed by atoms with Crippen LogP contribution in [0, 0.1) is 25.7 Å². The SMILES string of the molecule is Cc1cc(C)nc(N2C[C@@H](CN3CCCN(C)CC3)[C@@H](CO)C2)n1. The van der Waals surface area contributed by atoms with Crippen molar-refractivity contribution >= 4 is 5.95 Å². The number of hydrogen-bond acceptors (Lipinski definition) is 6. The Morgan fingerprint density at radius 2 is 1.75 bits per heavy atom. The molecule has 3 heterocycles. The monoisotopic (exact) mass is 333 g/mol. The molecule has 2 aliphatic heterocycles. The first-order valence-electron chi connectivity index (χ1n) is 9.14. The molecule has 2 atom stereocenters. The number of hydrogen-bond donors (Lipinski definition) is 1. The summed E-state index contributed by atoms with van der Waals surface area (Å²) in [6.45, 7) is 11.8. The zero-order chi connectivity index (χ0) is 17.1. The highest BCUT2D eigenvalue weighted by molar-refractivity contribution is 5.34. The van der Waals surface area contributed by atoms with Gasteiger partial charge in [0.25, 0.3) is 0 Å². The molecule has 0 bridgehead atoms. The molecule has 3 rings (SSSR count). The van der Waals surface area contributed by atoms with Crippen molar-refractivity contribution in [1.29, 1.82) is 0 Å². The number of aliphatic hydroxyl groups is 1. The number of anilines is 1. The summed E-state index contributed by atoms with van der Waals surface area (Å²) in [5.74, 6) is 1.63. The predicted octanol–water partition coefficient (Wildman–Crippen LogP) is 0.776.